The van der Waals surface area contributed by atoms with E-state index in [1.807, 2.05) is 0 Å². The molecule has 5 nitrogen and oxygen atoms in total. The minimum atomic E-state index is -0.399. The fourth-order valence-electron chi connectivity index (χ4n) is 1.90. The molecular formula is C16H14BrClN2O3. The summed E-state index contributed by atoms with van der Waals surface area (Å²) in [5.74, 6) is -0.219. The van der Waals surface area contributed by atoms with Gasteiger partial charge in [0.25, 0.3) is 5.91 Å². The molecule has 7 heteroatoms. The van der Waals surface area contributed by atoms with Crippen LogP contribution >= 0.6 is 27.5 Å². The molecule has 0 atom stereocenters. The molecule has 0 saturated heterocycles. The van der Waals surface area contributed by atoms with Gasteiger partial charge in [0.2, 0.25) is 5.91 Å². The van der Waals surface area contributed by atoms with Gasteiger partial charge in [-0.1, -0.05) is 27.5 Å². The number of carbonyl (C=O) groups is 2. The Balaban J connectivity index is 1.94. The van der Waals surface area contributed by atoms with Crippen molar-refractivity contribution >= 4 is 39.3 Å². The van der Waals surface area contributed by atoms with Crippen molar-refractivity contribution in [1.82, 2.24) is 10.9 Å². The van der Waals surface area contributed by atoms with E-state index in [-0.39, 0.29) is 12.3 Å². The van der Waals surface area contributed by atoms with E-state index in [2.05, 4.69) is 26.8 Å². The molecule has 120 valence electrons. The fourth-order valence-corrected chi connectivity index (χ4v) is 2.36. The molecule has 0 aliphatic carbocycles. The lowest BCUT2D eigenvalue weighted by atomic mass is 10.1. The molecular weight excluding hydrogens is 384 g/mol. The van der Waals surface area contributed by atoms with Gasteiger partial charge >= 0.3 is 0 Å². The van der Waals surface area contributed by atoms with Gasteiger partial charge in [0, 0.05) is 20.6 Å². The quantitative estimate of drug-likeness (QED) is 0.779. The number of hydrazine groups is 1. The summed E-state index contributed by atoms with van der Waals surface area (Å²) in [7, 11) is 1.51. The number of hydrogen-bond acceptors (Lipinski definition) is 3. The number of nitrogens with one attached hydrogen (secondary N) is 2. The van der Waals surface area contributed by atoms with E-state index in [1.54, 1.807) is 42.5 Å². The number of halogens is 2. The molecule has 2 aromatic carbocycles. The Morgan fingerprint density at radius 1 is 1.13 bits per heavy atom. The minimum Gasteiger partial charge on any atom is -0.496 e. The highest BCUT2D eigenvalue weighted by molar-refractivity contribution is 9.10. The molecule has 0 aromatic heterocycles. The first-order valence-corrected chi connectivity index (χ1v) is 7.84. The number of hydrogen-bond donors (Lipinski definition) is 2. The Kier molecular flexibility index (Phi) is 6.01. The van der Waals surface area contributed by atoms with E-state index >= 15 is 0 Å². The van der Waals surface area contributed by atoms with Crippen molar-refractivity contribution in [3.8, 4) is 5.75 Å². The number of carbonyl (C=O) groups excluding carboxylic acids is 2. The first kappa shape index (κ1) is 17.3. The summed E-state index contributed by atoms with van der Waals surface area (Å²) in [5, 5.41) is 0.507. The molecule has 2 rings (SSSR count). The van der Waals surface area contributed by atoms with Gasteiger partial charge < -0.3 is 4.74 Å². The lowest BCUT2D eigenvalue weighted by molar-refractivity contribution is -0.121. The van der Waals surface area contributed by atoms with Crippen LogP contribution in [0.1, 0.15) is 15.9 Å². The minimum absolute atomic E-state index is 0.0321. The Hall–Kier alpha value is -2.05. The first-order chi connectivity index (χ1) is 11.0. The van der Waals surface area contributed by atoms with Crippen LogP contribution in [0.3, 0.4) is 0 Å². The maximum Gasteiger partial charge on any atom is 0.269 e. The summed E-state index contributed by atoms with van der Waals surface area (Å²) in [5.41, 5.74) is 5.80. The summed E-state index contributed by atoms with van der Waals surface area (Å²) < 4.78 is 6.04. The smallest absolute Gasteiger partial charge is 0.269 e. The van der Waals surface area contributed by atoms with Gasteiger partial charge in [-0.05, 0) is 42.5 Å². The van der Waals surface area contributed by atoms with Crippen LogP contribution < -0.4 is 15.6 Å². The van der Waals surface area contributed by atoms with E-state index in [0.29, 0.717) is 21.9 Å². The van der Waals surface area contributed by atoms with Gasteiger partial charge in [-0.15, -0.1) is 0 Å². The number of methoxy groups -OCH3 is 1. The van der Waals surface area contributed by atoms with Crippen molar-refractivity contribution in [3.05, 3.63) is 63.1 Å². The summed E-state index contributed by atoms with van der Waals surface area (Å²) in [6.07, 6.45) is 0.0321. The Labute approximate surface area is 147 Å². The molecule has 0 saturated carbocycles. The van der Waals surface area contributed by atoms with E-state index < -0.39 is 5.91 Å². The van der Waals surface area contributed by atoms with Gasteiger partial charge in [-0.2, -0.15) is 0 Å². The zero-order valence-corrected chi connectivity index (χ0v) is 14.6. The highest BCUT2D eigenvalue weighted by Gasteiger charge is 2.11. The van der Waals surface area contributed by atoms with Gasteiger partial charge in [-0.25, -0.2) is 0 Å². The normalized spacial score (nSPS) is 10.0. The molecule has 0 fully saturated rings. The number of ether oxygens (including phenoxy) is 1. The monoisotopic (exact) mass is 396 g/mol. The molecule has 0 unspecified atom stereocenters. The SMILES string of the molecule is COc1ccc(Cl)cc1CC(=O)NNC(=O)c1ccc(Br)cc1. The molecule has 23 heavy (non-hydrogen) atoms. The van der Waals surface area contributed by atoms with Crippen LogP contribution in [-0.4, -0.2) is 18.9 Å². The zero-order valence-electron chi connectivity index (χ0n) is 12.2. The van der Waals surface area contributed by atoms with Crippen LogP contribution in [0.15, 0.2) is 46.9 Å². The highest BCUT2D eigenvalue weighted by Crippen LogP contribution is 2.22. The lowest BCUT2D eigenvalue weighted by Crippen LogP contribution is -2.42. The van der Waals surface area contributed by atoms with Crippen LogP contribution in [0, 0.1) is 0 Å². The van der Waals surface area contributed by atoms with Crippen LogP contribution in [-0.2, 0) is 11.2 Å². The maximum absolute atomic E-state index is 11.9. The van der Waals surface area contributed by atoms with Crippen molar-refractivity contribution in [2.45, 2.75) is 6.42 Å². The second-order valence-electron chi connectivity index (χ2n) is 4.64. The van der Waals surface area contributed by atoms with Crippen LogP contribution in [0.2, 0.25) is 5.02 Å². The summed E-state index contributed by atoms with van der Waals surface area (Å²) in [6.45, 7) is 0. The third-order valence-electron chi connectivity index (χ3n) is 3.02. The standard InChI is InChI=1S/C16H14BrClN2O3/c1-23-14-7-6-13(18)8-11(14)9-15(21)19-20-16(22)10-2-4-12(17)5-3-10/h2-8H,9H2,1H3,(H,19,21)(H,20,22). The Morgan fingerprint density at radius 3 is 2.48 bits per heavy atom. The molecule has 2 aromatic rings. The average Bonchev–Trinajstić information content (AvgIpc) is 2.53. The summed E-state index contributed by atoms with van der Waals surface area (Å²) in [4.78, 5) is 23.9. The van der Waals surface area contributed by atoms with Crippen molar-refractivity contribution in [2.75, 3.05) is 7.11 Å². The average molecular weight is 398 g/mol. The second kappa shape index (κ2) is 7.99. The van der Waals surface area contributed by atoms with Crippen LogP contribution in [0.4, 0.5) is 0 Å². The van der Waals surface area contributed by atoms with Crippen molar-refractivity contribution in [3.63, 3.8) is 0 Å². The van der Waals surface area contributed by atoms with E-state index in [9.17, 15) is 9.59 Å². The van der Waals surface area contributed by atoms with E-state index in [4.69, 9.17) is 16.3 Å². The fraction of sp³-hybridized carbons (Fsp3) is 0.125. The van der Waals surface area contributed by atoms with Gasteiger partial charge in [-0.3, -0.25) is 20.4 Å². The molecule has 0 bridgehead atoms. The van der Waals surface area contributed by atoms with Crippen molar-refractivity contribution in [1.29, 1.82) is 0 Å². The predicted molar refractivity (Wildman–Crippen MR) is 91.5 cm³/mol. The molecule has 0 heterocycles. The zero-order chi connectivity index (χ0) is 16.8. The van der Waals surface area contributed by atoms with Crippen LogP contribution in [0.25, 0.3) is 0 Å². The third kappa shape index (κ3) is 4.97. The van der Waals surface area contributed by atoms with E-state index in [0.717, 1.165) is 4.47 Å². The molecule has 0 aliphatic heterocycles. The summed E-state index contributed by atoms with van der Waals surface area (Å²) >= 11 is 9.21. The Morgan fingerprint density at radius 2 is 1.83 bits per heavy atom. The number of rotatable bonds is 4. The third-order valence-corrected chi connectivity index (χ3v) is 3.78. The number of benzene rings is 2. The maximum atomic E-state index is 11.9. The van der Waals surface area contributed by atoms with Gasteiger partial charge in [0.15, 0.2) is 0 Å². The summed E-state index contributed by atoms with van der Waals surface area (Å²) in [6, 6.07) is 11.8. The van der Waals surface area contributed by atoms with Crippen molar-refractivity contribution in [2.24, 2.45) is 0 Å². The van der Waals surface area contributed by atoms with Crippen molar-refractivity contribution < 1.29 is 14.3 Å². The molecule has 0 aliphatic rings. The Bertz CT molecular complexity index is 720. The van der Waals surface area contributed by atoms with Gasteiger partial charge in [0.1, 0.15) is 5.75 Å². The first-order valence-electron chi connectivity index (χ1n) is 6.67. The lowest BCUT2D eigenvalue weighted by Gasteiger charge is -2.10. The largest absolute Gasteiger partial charge is 0.496 e. The van der Waals surface area contributed by atoms with Crippen LogP contribution in [0.5, 0.6) is 5.75 Å². The predicted octanol–water partition coefficient (Wildman–Crippen LogP) is 3.11. The molecule has 0 radical (unpaired) electrons. The second-order valence-corrected chi connectivity index (χ2v) is 5.99. The molecule has 0 spiro atoms. The molecule has 2 N–H and O–H groups in total. The van der Waals surface area contributed by atoms with Gasteiger partial charge in [0.05, 0.1) is 13.5 Å². The topological polar surface area (TPSA) is 67.4 Å². The highest BCUT2D eigenvalue weighted by atomic mass is 79.9. The molecule has 2 amide bonds. The number of amides is 2. The van der Waals surface area contributed by atoms with E-state index in [1.165, 1.54) is 7.11 Å².